The van der Waals surface area contributed by atoms with Crippen LogP contribution in [0, 0.1) is 0 Å². The van der Waals surface area contributed by atoms with Crippen molar-refractivity contribution in [2.45, 2.75) is 38.8 Å². The number of nitrogens with zero attached hydrogens (tertiary/aromatic N) is 3. The Morgan fingerprint density at radius 3 is 2.97 bits per heavy atom. The molecule has 154 valence electrons. The topological polar surface area (TPSA) is 90.8 Å². The highest BCUT2D eigenvalue weighted by atomic mass is 79.9. The van der Waals surface area contributed by atoms with E-state index in [0.29, 0.717) is 29.5 Å². The SMILES string of the molecule is CC1NC=C(NC(=O)CN2CCC[C@@H]2C)C=C1NC(=O)c1cnn2cc(Br)sc12. The van der Waals surface area contributed by atoms with Crippen LogP contribution in [0.2, 0.25) is 0 Å². The minimum absolute atomic E-state index is 0.0509. The van der Waals surface area contributed by atoms with E-state index in [4.69, 9.17) is 0 Å². The summed E-state index contributed by atoms with van der Waals surface area (Å²) in [5.41, 5.74) is 1.84. The molecule has 3 N–H and O–H groups in total. The van der Waals surface area contributed by atoms with E-state index in [1.54, 1.807) is 23.0 Å². The molecule has 0 bridgehead atoms. The van der Waals surface area contributed by atoms with Crippen LogP contribution in [-0.4, -0.2) is 51.5 Å². The van der Waals surface area contributed by atoms with Gasteiger partial charge in [-0.2, -0.15) is 5.10 Å². The number of rotatable bonds is 5. The maximum Gasteiger partial charge on any atom is 0.260 e. The largest absolute Gasteiger partial charge is 0.381 e. The van der Waals surface area contributed by atoms with Gasteiger partial charge in [0.05, 0.1) is 40.0 Å². The fourth-order valence-corrected chi connectivity index (χ4v) is 5.02. The first-order valence-corrected chi connectivity index (χ1v) is 11.2. The maximum atomic E-state index is 12.8. The van der Waals surface area contributed by atoms with Gasteiger partial charge in [0, 0.05) is 17.9 Å². The zero-order chi connectivity index (χ0) is 20.5. The summed E-state index contributed by atoms with van der Waals surface area (Å²) < 4.78 is 2.58. The van der Waals surface area contributed by atoms with Crippen molar-refractivity contribution in [1.82, 2.24) is 30.5 Å². The quantitative estimate of drug-likeness (QED) is 0.612. The second-order valence-corrected chi connectivity index (χ2v) is 9.80. The lowest BCUT2D eigenvalue weighted by Crippen LogP contribution is -2.41. The van der Waals surface area contributed by atoms with Crippen LogP contribution in [0.3, 0.4) is 0 Å². The predicted molar refractivity (Wildman–Crippen MR) is 115 cm³/mol. The van der Waals surface area contributed by atoms with Gasteiger partial charge >= 0.3 is 0 Å². The number of hydrogen-bond donors (Lipinski definition) is 3. The van der Waals surface area contributed by atoms with Crippen LogP contribution in [0.25, 0.3) is 4.83 Å². The third-order valence-corrected chi connectivity index (χ3v) is 6.85. The summed E-state index contributed by atoms with van der Waals surface area (Å²) in [6, 6.07) is 0.356. The Morgan fingerprint density at radius 1 is 1.38 bits per heavy atom. The Labute approximate surface area is 181 Å². The van der Waals surface area contributed by atoms with Gasteiger partial charge in [-0.15, -0.1) is 11.3 Å². The lowest BCUT2D eigenvalue weighted by atomic mass is 10.1. The lowest BCUT2D eigenvalue weighted by molar-refractivity contribution is -0.121. The fraction of sp³-hybridized carbons (Fsp3) is 0.421. The first-order chi connectivity index (χ1) is 13.9. The number of fused-ring (bicyclic) bond motifs is 1. The molecule has 2 aromatic rings. The number of nitrogens with one attached hydrogen (secondary N) is 3. The highest BCUT2D eigenvalue weighted by Crippen LogP contribution is 2.26. The summed E-state index contributed by atoms with van der Waals surface area (Å²) in [6.45, 7) is 5.43. The number of carbonyl (C=O) groups excluding carboxylic acids is 2. The van der Waals surface area contributed by atoms with Gasteiger partial charge in [0.2, 0.25) is 5.91 Å². The van der Waals surface area contributed by atoms with Crippen LogP contribution < -0.4 is 16.0 Å². The molecule has 2 aliphatic rings. The van der Waals surface area contributed by atoms with Crippen molar-refractivity contribution in [2.24, 2.45) is 0 Å². The average Bonchev–Trinajstić information content (AvgIpc) is 3.34. The highest BCUT2D eigenvalue weighted by molar-refractivity contribution is 9.11. The van der Waals surface area contributed by atoms with E-state index in [9.17, 15) is 9.59 Å². The molecule has 0 spiro atoms. The fourth-order valence-electron chi connectivity index (χ4n) is 3.58. The van der Waals surface area contributed by atoms with E-state index in [1.165, 1.54) is 11.3 Å². The van der Waals surface area contributed by atoms with Gasteiger partial charge in [-0.1, -0.05) is 0 Å². The predicted octanol–water partition coefficient (Wildman–Crippen LogP) is 2.21. The molecule has 2 atom stereocenters. The van der Waals surface area contributed by atoms with Crippen molar-refractivity contribution >= 4 is 43.9 Å². The van der Waals surface area contributed by atoms with Crippen LogP contribution in [0.4, 0.5) is 0 Å². The third-order valence-electron chi connectivity index (χ3n) is 5.26. The number of thiazole rings is 1. The van der Waals surface area contributed by atoms with Gasteiger partial charge < -0.3 is 16.0 Å². The Morgan fingerprint density at radius 2 is 2.21 bits per heavy atom. The second kappa shape index (κ2) is 8.29. The minimum atomic E-state index is -0.229. The van der Waals surface area contributed by atoms with Gasteiger partial charge in [-0.3, -0.25) is 14.5 Å². The second-order valence-electron chi connectivity index (χ2n) is 7.39. The number of allylic oxidation sites excluding steroid dienone is 1. The zero-order valence-corrected chi connectivity index (χ0v) is 18.6. The van der Waals surface area contributed by atoms with E-state index >= 15 is 0 Å². The first-order valence-electron chi connectivity index (χ1n) is 9.56. The smallest absolute Gasteiger partial charge is 0.260 e. The Kier molecular flexibility index (Phi) is 5.75. The van der Waals surface area contributed by atoms with Crippen molar-refractivity contribution in [3.8, 4) is 0 Å². The minimum Gasteiger partial charge on any atom is -0.381 e. The molecule has 2 aliphatic heterocycles. The summed E-state index contributed by atoms with van der Waals surface area (Å²) >= 11 is 4.86. The number of hydrogen-bond acceptors (Lipinski definition) is 6. The first kappa shape index (κ1) is 20.1. The van der Waals surface area contributed by atoms with Crippen LogP contribution in [0.15, 0.2) is 39.9 Å². The normalized spacial score (nSPS) is 22.2. The Bertz CT molecular complexity index is 1010. The molecule has 2 amide bonds. The monoisotopic (exact) mass is 478 g/mol. The van der Waals surface area contributed by atoms with E-state index in [1.807, 2.05) is 13.1 Å². The van der Waals surface area contributed by atoms with Crippen molar-refractivity contribution < 1.29 is 9.59 Å². The van der Waals surface area contributed by atoms with Gasteiger partial charge in [0.25, 0.3) is 5.91 Å². The molecule has 1 unspecified atom stereocenters. The third kappa shape index (κ3) is 4.39. The molecular weight excluding hydrogens is 456 g/mol. The molecule has 2 aromatic heterocycles. The number of aromatic nitrogens is 2. The summed E-state index contributed by atoms with van der Waals surface area (Å²) in [5.74, 6) is -0.280. The molecule has 8 nitrogen and oxygen atoms in total. The van der Waals surface area contributed by atoms with E-state index in [0.717, 1.165) is 28.0 Å². The van der Waals surface area contributed by atoms with Crippen molar-refractivity contribution in [2.75, 3.05) is 13.1 Å². The van der Waals surface area contributed by atoms with E-state index in [2.05, 4.69) is 48.8 Å². The van der Waals surface area contributed by atoms with Crippen LogP contribution >= 0.6 is 27.3 Å². The molecule has 1 fully saturated rings. The summed E-state index contributed by atoms with van der Waals surface area (Å²) in [7, 11) is 0. The number of carbonyl (C=O) groups is 2. The molecule has 4 heterocycles. The average molecular weight is 479 g/mol. The van der Waals surface area contributed by atoms with Crippen molar-refractivity contribution in [1.29, 1.82) is 0 Å². The molecule has 0 radical (unpaired) electrons. The highest BCUT2D eigenvalue weighted by Gasteiger charge is 2.24. The van der Waals surface area contributed by atoms with Crippen molar-refractivity contribution in [3.05, 3.63) is 45.4 Å². The number of halogens is 1. The van der Waals surface area contributed by atoms with Crippen LogP contribution in [0.1, 0.15) is 37.0 Å². The van der Waals surface area contributed by atoms with Gasteiger partial charge in [-0.25, -0.2) is 4.52 Å². The van der Waals surface area contributed by atoms with Crippen LogP contribution in [0.5, 0.6) is 0 Å². The van der Waals surface area contributed by atoms with E-state index < -0.39 is 0 Å². The Hall–Kier alpha value is -2.17. The Balaban J connectivity index is 1.42. The molecule has 0 saturated carbocycles. The van der Waals surface area contributed by atoms with E-state index in [-0.39, 0.29) is 17.9 Å². The summed E-state index contributed by atoms with van der Waals surface area (Å²) in [6.07, 6.45) is 9.21. The molecule has 0 aromatic carbocycles. The van der Waals surface area contributed by atoms with Crippen molar-refractivity contribution in [3.63, 3.8) is 0 Å². The van der Waals surface area contributed by atoms with Gasteiger partial charge in [0.1, 0.15) is 4.83 Å². The van der Waals surface area contributed by atoms with Gasteiger partial charge in [0.15, 0.2) is 0 Å². The zero-order valence-electron chi connectivity index (χ0n) is 16.2. The number of dihydropyridines is 1. The lowest BCUT2D eigenvalue weighted by Gasteiger charge is -2.24. The number of amides is 2. The number of likely N-dealkylation sites (tertiary alicyclic amines) is 1. The summed E-state index contributed by atoms with van der Waals surface area (Å²) in [4.78, 5) is 28.1. The standard InChI is InChI=1S/C19H23BrN6O2S/c1-11-4-3-5-25(11)10-17(27)23-13-6-15(12(2)21-7-13)24-18(28)14-8-22-26-9-16(20)29-19(14)26/h6-9,11-12,21H,3-5,10H2,1-2H3,(H,23,27)(H,24,28)/t11-,12?/m0/s1. The molecule has 1 saturated heterocycles. The molecule has 29 heavy (non-hydrogen) atoms. The molecule has 4 rings (SSSR count). The van der Waals surface area contributed by atoms with Gasteiger partial charge in [-0.05, 0) is 55.2 Å². The maximum absolute atomic E-state index is 12.8. The summed E-state index contributed by atoms with van der Waals surface area (Å²) in [5, 5.41) is 13.3. The molecule has 10 heteroatoms. The van der Waals surface area contributed by atoms with Crippen LogP contribution in [-0.2, 0) is 4.79 Å². The molecule has 0 aliphatic carbocycles. The molecular formula is C19H23BrN6O2S.